The third kappa shape index (κ3) is 5.83. The Morgan fingerprint density at radius 3 is 2.43 bits per heavy atom. The number of likely N-dealkylation sites (tertiary alicyclic amines) is 1. The molecule has 0 unspecified atom stereocenters. The van der Waals surface area contributed by atoms with Crippen LogP contribution in [0.4, 0.5) is 0 Å². The highest BCUT2D eigenvalue weighted by molar-refractivity contribution is 7.13. The molecule has 0 radical (unpaired) electrons. The van der Waals surface area contributed by atoms with Crippen LogP contribution < -0.4 is 5.56 Å². The summed E-state index contributed by atoms with van der Waals surface area (Å²) in [6.45, 7) is 9.46. The minimum Gasteiger partial charge on any atom is -0.396 e. The number of benzene rings is 2. The first-order chi connectivity index (χ1) is 20.3. The van der Waals surface area contributed by atoms with Gasteiger partial charge < -0.3 is 10.0 Å². The molecule has 1 N–H and O–H groups in total. The van der Waals surface area contributed by atoms with Gasteiger partial charge in [-0.25, -0.2) is 4.98 Å². The number of pyridine rings is 1. The number of rotatable bonds is 8. The predicted molar refractivity (Wildman–Crippen MR) is 172 cm³/mol. The van der Waals surface area contributed by atoms with Crippen LogP contribution in [0.3, 0.4) is 0 Å². The molecule has 2 aromatic carbocycles. The van der Waals surface area contributed by atoms with Crippen LogP contribution in [0.2, 0.25) is 5.02 Å². The van der Waals surface area contributed by atoms with Gasteiger partial charge in [0.05, 0.1) is 22.5 Å². The van der Waals surface area contributed by atoms with Crippen molar-refractivity contribution in [2.45, 2.75) is 59.3 Å². The Bertz CT molecular complexity index is 1620. The van der Waals surface area contributed by atoms with Gasteiger partial charge in [-0.1, -0.05) is 69.6 Å². The van der Waals surface area contributed by atoms with Gasteiger partial charge in [0, 0.05) is 41.4 Å². The van der Waals surface area contributed by atoms with E-state index in [-0.39, 0.29) is 29.9 Å². The lowest BCUT2D eigenvalue weighted by molar-refractivity contribution is 0.0618. The molecular formula is C34H38ClN3O3S. The van der Waals surface area contributed by atoms with Gasteiger partial charge in [0.15, 0.2) is 0 Å². The second-order valence-electron chi connectivity index (χ2n) is 11.3. The predicted octanol–water partition coefficient (Wildman–Crippen LogP) is 7.37. The number of aliphatic hydroxyl groups excluding tert-OH is 1. The maximum absolute atomic E-state index is 14.6. The van der Waals surface area contributed by atoms with Crippen LogP contribution in [-0.4, -0.2) is 45.2 Å². The fraction of sp³-hybridized carbons (Fsp3) is 0.382. The van der Waals surface area contributed by atoms with E-state index in [0.29, 0.717) is 39.9 Å². The van der Waals surface area contributed by atoms with E-state index in [1.807, 2.05) is 59.0 Å². The van der Waals surface area contributed by atoms with E-state index in [4.69, 9.17) is 16.6 Å². The third-order valence-electron chi connectivity index (χ3n) is 8.14. The molecule has 1 atom stereocenters. The van der Waals surface area contributed by atoms with Crippen molar-refractivity contribution in [2.24, 2.45) is 5.92 Å². The molecule has 42 heavy (non-hydrogen) atoms. The lowest BCUT2D eigenvalue weighted by atomic mass is 9.94. The number of hydrogen-bond donors (Lipinski definition) is 1. The number of nitrogens with zero attached hydrogens (tertiary/aromatic N) is 3. The maximum atomic E-state index is 14.6. The summed E-state index contributed by atoms with van der Waals surface area (Å²) in [6, 6.07) is 15.4. The monoisotopic (exact) mass is 603 g/mol. The topological polar surface area (TPSA) is 75.4 Å². The van der Waals surface area contributed by atoms with Crippen molar-refractivity contribution in [3.8, 4) is 27.5 Å². The molecule has 220 valence electrons. The first-order valence-electron chi connectivity index (χ1n) is 14.8. The summed E-state index contributed by atoms with van der Waals surface area (Å²) in [5.74, 6) is -0.142. The number of hydrogen-bond acceptors (Lipinski definition) is 5. The quantitative estimate of drug-likeness (QED) is 0.228. The largest absolute Gasteiger partial charge is 0.396 e. The standard InChI is InChI=1S/C34H38ClN3O3S/c1-5-23-10-7-11-24(6-2)31(23)38-30(21(3)4)27(33(40)37-16-8-9-22(18-37)19-39)17-28(34(38)41)32-36-29(20-42-32)25-12-14-26(35)15-13-25/h7,10-15,17,20-22,39H,5-6,8-9,16,18-19H2,1-4H3/t22-/m1/s1. The van der Waals surface area contributed by atoms with Gasteiger partial charge in [0.2, 0.25) is 0 Å². The van der Waals surface area contributed by atoms with Gasteiger partial charge in [0.1, 0.15) is 5.01 Å². The number of aryl methyl sites for hydroxylation is 2. The van der Waals surface area contributed by atoms with Crippen LogP contribution in [0, 0.1) is 5.92 Å². The van der Waals surface area contributed by atoms with Gasteiger partial charge in [-0.05, 0) is 66.8 Å². The summed E-state index contributed by atoms with van der Waals surface area (Å²) in [4.78, 5) is 35.7. The highest BCUT2D eigenvalue weighted by atomic mass is 35.5. The van der Waals surface area contributed by atoms with Crippen molar-refractivity contribution in [1.82, 2.24) is 14.5 Å². The summed E-state index contributed by atoms with van der Waals surface area (Å²) in [5.41, 5.74) is 6.13. The molecule has 0 bridgehead atoms. The minimum atomic E-state index is -0.172. The minimum absolute atomic E-state index is 0.0574. The average Bonchev–Trinajstić information content (AvgIpc) is 3.50. The fourth-order valence-corrected chi connectivity index (χ4v) is 6.93. The summed E-state index contributed by atoms with van der Waals surface area (Å²) in [7, 11) is 0. The van der Waals surface area contributed by atoms with E-state index >= 15 is 0 Å². The van der Waals surface area contributed by atoms with E-state index < -0.39 is 0 Å². The van der Waals surface area contributed by atoms with E-state index in [2.05, 4.69) is 26.0 Å². The Labute approximate surface area is 256 Å². The molecule has 6 nitrogen and oxygen atoms in total. The van der Waals surface area contributed by atoms with Gasteiger partial charge in [0.25, 0.3) is 11.5 Å². The summed E-state index contributed by atoms with van der Waals surface area (Å²) in [6.07, 6.45) is 3.25. The van der Waals surface area contributed by atoms with Crippen LogP contribution in [0.5, 0.6) is 0 Å². The van der Waals surface area contributed by atoms with Crippen LogP contribution in [0.1, 0.15) is 73.6 Å². The van der Waals surface area contributed by atoms with Crippen LogP contribution >= 0.6 is 22.9 Å². The summed E-state index contributed by atoms with van der Waals surface area (Å²) >= 11 is 7.50. The number of amides is 1. The van der Waals surface area contributed by atoms with E-state index in [0.717, 1.165) is 53.8 Å². The molecule has 3 heterocycles. The maximum Gasteiger partial charge on any atom is 0.265 e. The highest BCUT2D eigenvalue weighted by Crippen LogP contribution is 2.34. The van der Waals surface area contributed by atoms with Crippen LogP contribution in [-0.2, 0) is 12.8 Å². The van der Waals surface area contributed by atoms with E-state index in [1.54, 1.807) is 6.07 Å². The Hall–Kier alpha value is -3.26. The molecule has 0 aliphatic carbocycles. The van der Waals surface area contributed by atoms with Crippen molar-refractivity contribution in [3.63, 3.8) is 0 Å². The average molecular weight is 604 g/mol. The molecule has 5 rings (SSSR count). The molecule has 2 aromatic heterocycles. The van der Waals surface area contributed by atoms with Gasteiger partial charge in [-0.15, -0.1) is 11.3 Å². The number of carbonyl (C=O) groups excluding carboxylic acids is 1. The lowest BCUT2D eigenvalue weighted by Crippen LogP contribution is -2.42. The molecule has 1 fully saturated rings. The fourth-order valence-electron chi connectivity index (χ4n) is 5.97. The number of piperidine rings is 1. The number of para-hydroxylation sites is 1. The molecule has 1 aliphatic rings. The molecule has 4 aromatic rings. The zero-order valence-electron chi connectivity index (χ0n) is 24.7. The Kier molecular flexibility index (Phi) is 9.31. The van der Waals surface area contributed by atoms with Crippen molar-refractivity contribution < 1.29 is 9.90 Å². The molecule has 8 heteroatoms. The Balaban J connectivity index is 1.78. The molecule has 0 saturated carbocycles. The van der Waals surface area contributed by atoms with Crippen molar-refractivity contribution >= 4 is 28.8 Å². The molecule has 1 saturated heterocycles. The lowest BCUT2D eigenvalue weighted by Gasteiger charge is -2.33. The van der Waals surface area contributed by atoms with E-state index in [1.165, 1.54) is 11.3 Å². The zero-order chi connectivity index (χ0) is 30.0. The first-order valence-corrected chi connectivity index (χ1v) is 16.1. The summed E-state index contributed by atoms with van der Waals surface area (Å²) < 4.78 is 1.81. The van der Waals surface area contributed by atoms with Crippen LogP contribution in [0.25, 0.3) is 27.5 Å². The van der Waals surface area contributed by atoms with Gasteiger partial charge in [-0.3, -0.25) is 14.2 Å². The Morgan fingerprint density at radius 2 is 1.81 bits per heavy atom. The van der Waals surface area contributed by atoms with Gasteiger partial charge >= 0.3 is 0 Å². The number of aromatic nitrogens is 2. The smallest absolute Gasteiger partial charge is 0.265 e. The first kappa shape index (κ1) is 30.2. The van der Waals surface area contributed by atoms with Gasteiger partial charge in [-0.2, -0.15) is 0 Å². The third-order valence-corrected chi connectivity index (χ3v) is 9.27. The van der Waals surface area contributed by atoms with E-state index in [9.17, 15) is 14.7 Å². The SMILES string of the molecule is CCc1cccc(CC)c1-n1c(C(C)C)c(C(=O)N2CCC[C@@H](CO)C2)cc(-c2nc(-c3ccc(Cl)cc3)cs2)c1=O. The Morgan fingerprint density at radius 1 is 1.12 bits per heavy atom. The van der Waals surface area contributed by atoms with Crippen molar-refractivity contribution in [2.75, 3.05) is 19.7 Å². The highest BCUT2D eigenvalue weighted by Gasteiger charge is 2.31. The second-order valence-corrected chi connectivity index (χ2v) is 12.6. The number of carbonyl (C=O) groups is 1. The number of aliphatic hydroxyl groups is 1. The number of thiazole rings is 1. The summed E-state index contributed by atoms with van der Waals surface area (Å²) in [5, 5.41) is 13.0. The second kappa shape index (κ2) is 12.9. The normalized spacial score (nSPS) is 15.4. The molecule has 1 aliphatic heterocycles. The van der Waals surface area contributed by atoms with Crippen molar-refractivity contribution in [3.05, 3.63) is 91.7 Å². The molecular weight excluding hydrogens is 566 g/mol. The van der Waals surface area contributed by atoms with Crippen LogP contribution in [0.15, 0.2) is 58.7 Å². The number of halogens is 1. The van der Waals surface area contributed by atoms with Crippen molar-refractivity contribution in [1.29, 1.82) is 0 Å². The molecule has 0 spiro atoms. The molecule has 1 amide bonds. The zero-order valence-corrected chi connectivity index (χ0v) is 26.3.